The van der Waals surface area contributed by atoms with Gasteiger partial charge in [-0.25, -0.2) is 0 Å². The smallest absolute Gasteiger partial charge is 0.287 e. The van der Waals surface area contributed by atoms with Crippen molar-refractivity contribution in [1.82, 2.24) is 15.5 Å². The lowest BCUT2D eigenvalue weighted by Crippen LogP contribution is -2.26. The van der Waals surface area contributed by atoms with E-state index in [4.69, 9.17) is 10.2 Å². The first-order valence-corrected chi connectivity index (χ1v) is 7.67. The van der Waals surface area contributed by atoms with Gasteiger partial charge in [-0.2, -0.15) is 0 Å². The highest BCUT2D eigenvalue weighted by Crippen LogP contribution is 2.27. The minimum Gasteiger partial charge on any atom is -0.451 e. The molecule has 0 aliphatic carbocycles. The first-order chi connectivity index (χ1) is 10.5. The van der Waals surface area contributed by atoms with Gasteiger partial charge in [0.1, 0.15) is 10.6 Å². The average molecular weight is 316 g/mol. The predicted octanol–water partition coefficient (Wildman–Crippen LogP) is 2.97. The summed E-state index contributed by atoms with van der Waals surface area (Å²) < 4.78 is 5.71. The molecule has 0 fully saturated rings. The second-order valence-corrected chi connectivity index (χ2v) is 6.27. The van der Waals surface area contributed by atoms with Gasteiger partial charge in [0.25, 0.3) is 5.91 Å². The Morgan fingerprint density at radius 1 is 1.36 bits per heavy atom. The van der Waals surface area contributed by atoms with Crippen molar-refractivity contribution >= 4 is 33.3 Å². The number of hydrogen-bond donors (Lipinski definition) is 2. The van der Waals surface area contributed by atoms with Gasteiger partial charge in [0, 0.05) is 10.9 Å². The molecular formula is C15H16N4O2S. The fourth-order valence-corrected chi connectivity index (χ4v) is 2.91. The van der Waals surface area contributed by atoms with E-state index in [-0.39, 0.29) is 11.9 Å². The molecule has 2 heterocycles. The third-order valence-corrected chi connectivity index (χ3v) is 4.41. The van der Waals surface area contributed by atoms with Crippen LogP contribution in [0.1, 0.15) is 39.7 Å². The Bertz CT molecular complexity index is 852. The van der Waals surface area contributed by atoms with Gasteiger partial charge in [0.2, 0.25) is 5.13 Å². The van der Waals surface area contributed by atoms with Gasteiger partial charge in [-0.3, -0.25) is 4.79 Å². The van der Waals surface area contributed by atoms with Gasteiger partial charge in [-0.1, -0.05) is 23.5 Å². The molecule has 2 aromatic heterocycles. The number of amides is 1. The molecule has 3 aromatic rings. The first kappa shape index (κ1) is 14.5. The molecule has 0 aliphatic heterocycles. The zero-order valence-electron chi connectivity index (χ0n) is 12.5. The van der Waals surface area contributed by atoms with E-state index in [0.29, 0.717) is 15.9 Å². The summed E-state index contributed by atoms with van der Waals surface area (Å²) in [5.41, 5.74) is 8.20. The third kappa shape index (κ3) is 2.55. The van der Waals surface area contributed by atoms with E-state index in [1.54, 1.807) is 0 Å². The number of nitrogens with zero attached hydrogens (tertiary/aromatic N) is 2. The Balaban J connectivity index is 1.87. The summed E-state index contributed by atoms with van der Waals surface area (Å²) in [5, 5.41) is 12.5. The standard InChI is InChI=1S/C15H16N4O2S/c1-7-4-5-10-8(2)12(21-11(10)6-7)13(20)17-9(3)14-18-19-15(16)22-14/h4-6,9H,1-3H3,(H2,16,19)(H,17,20). The molecule has 1 amide bonds. The lowest BCUT2D eigenvalue weighted by molar-refractivity contribution is 0.0913. The Hall–Kier alpha value is -2.41. The summed E-state index contributed by atoms with van der Waals surface area (Å²) in [6.07, 6.45) is 0. The van der Waals surface area contributed by atoms with Crippen molar-refractivity contribution < 1.29 is 9.21 Å². The molecule has 0 spiro atoms. The molecule has 3 rings (SSSR count). The molecule has 114 valence electrons. The molecule has 6 nitrogen and oxygen atoms in total. The van der Waals surface area contributed by atoms with E-state index in [1.165, 1.54) is 11.3 Å². The number of anilines is 1. The highest BCUT2D eigenvalue weighted by atomic mass is 32.1. The van der Waals surface area contributed by atoms with Crippen LogP contribution in [0.15, 0.2) is 22.6 Å². The normalized spacial score (nSPS) is 12.5. The highest BCUT2D eigenvalue weighted by molar-refractivity contribution is 7.15. The molecule has 0 radical (unpaired) electrons. The molecular weight excluding hydrogens is 300 g/mol. The number of aromatic nitrogens is 2. The summed E-state index contributed by atoms with van der Waals surface area (Å²) in [6, 6.07) is 5.61. The molecule has 0 saturated carbocycles. The zero-order valence-corrected chi connectivity index (χ0v) is 13.3. The maximum absolute atomic E-state index is 12.4. The quantitative estimate of drug-likeness (QED) is 0.774. The Morgan fingerprint density at radius 2 is 2.14 bits per heavy atom. The molecule has 22 heavy (non-hydrogen) atoms. The van der Waals surface area contributed by atoms with E-state index < -0.39 is 0 Å². The monoisotopic (exact) mass is 316 g/mol. The topological polar surface area (TPSA) is 94.0 Å². The second kappa shape index (κ2) is 5.42. The van der Waals surface area contributed by atoms with Crippen LogP contribution in [0.3, 0.4) is 0 Å². The van der Waals surface area contributed by atoms with Gasteiger partial charge in [-0.15, -0.1) is 10.2 Å². The van der Waals surface area contributed by atoms with Crippen molar-refractivity contribution in [3.8, 4) is 0 Å². The van der Waals surface area contributed by atoms with E-state index in [2.05, 4.69) is 15.5 Å². The van der Waals surface area contributed by atoms with Gasteiger partial charge >= 0.3 is 0 Å². The van der Waals surface area contributed by atoms with Crippen LogP contribution in [-0.4, -0.2) is 16.1 Å². The van der Waals surface area contributed by atoms with Crippen molar-refractivity contribution in [2.45, 2.75) is 26.8 Å². The first-order valence-electron chi connectivity index (χ1n) is 6.85. The highest BCUT2D eigenvalue weighted by Gasteiger charge is 2.21. The number of furan rings is 1. The lowest BCUT2D eigenvalue weighted by atomic mass is 10.1. The van der Waals surface area contributed by atoms with Crippen molar-refractivity contribution in [2.24, 2.45) is 0 Å². The third-order valence-electron chi connectivity index (χ3n) is 3.47. The van der Waals surface area contributed by atoms with Crippen molar-refractivity contribution in [1.29, 1.82) is 0 Å². The number of nitrogen functional groups attached to an aromatic ring is 1. The van der Waals surface area contributed by atoms with Gasteiger partial charge in [0.15, 0.2) is 5.76 Å². The summed E-state index contributed by atoms with van der Waals surface area (Å²) in [7, 11) is 0. The zero-order chi connectivity index (χ0) is 15.9. The molecule has 0 saturated heterocycles. The minimum absolute atomic E-state index is 0.271. The van der Waals surface area contributed by atoms with Crippen LogP contribution in [0.2, 0.25) is 0 Å². The van der Waals surface area contributed by atoms with Crippen LogP contribution in [0, 0.1) is 13.8 Å². The fraction of sp³-hybridized carbons (Fsp3) is 0.267. The van der Waals surface area contributed by atoms with Crippen LogP contribution < -0.4 is 11.1 Å². The van der Waals surface area contributed by atoms with Crippen molar-refractivity contribution in [3.05, 3.63) is 40.1 Å². The maximum atomic E-state index is 12.4. The largest absolute Gasteiger partial charge is 0.451 e. The van der Waals surface area contributed by atoms with Crippen LogP contribution in [-0.2, 0) is 0 Å². The number of nitrogens with one attached hydrogen (secondary N) is 1. The summed E-state index contributed by atoms with van der Waals surface area (Å²) in [5.74, 6) is 0.0533. The van der Waals surface area contributed by atoms with Crippen LogP contribution in [0.4, 0.5) is 5.13 Å². The van der Waals surface area contributed by atoms with Crippen molar-refractivity contribution in [3.63, 3.8) is 0 Å². The van der Waals surface area contributed by atoms with Gasteiger partial charge in [-0.05, 0) is 32.4 Å². The van der Waals surface area contributed by atoms with E-state index in [9.17, 15) is 4.79 Å². The van der Waals surface area contributed by atoms with E-state index in [1.807, 2.05) is 39.0 Å². The van der Waals surface area contributed by atoms with Crippen LogP contribution in [0.5, 0.6) is 0 Å². The van der Waals surface area contributed by atoms with Gasteiger partial charge < -0.3 is 15.5 Å². The molecule has 0 bridgehead atoms. The molecule has 7 heteroatoms. The average Bonchev–Trinajstić information content (AvgIpc) is 3.03. The number of carbonyl (C=O) groups is 1. The van der Waals surface area contributed by atoms with Crippen LogP contribution in [0.25, 0.3) is 11.0 Å². The number of carbonyl (C=O) groups excluding carboxylic acids is 1. The van der Waals surface area contributed by atoms with Crippen molar-refractivity contribution in [2.75, 3.05) is 5.73 Å². The second-order valence-electron chi connectivity index (χ2n) is 5.23. The Labute approximate surface area is 131 Å². The predicted molar refractivity (Wildman–Crippen MR) is 85.9 cm³/mol. The number of benzene rings is 1. The Morgan fingerprint density at radius 3 is 2.82 bits per heavy atom. The lowest BCUT2D eigenvalue weighted by Gasteiger charge is -2.09. The molecule has 0 aliphatic rings. The molecule has 1 atom stereocenters. The minimum atomic E-state index is -0.281. The summed E-state index contributed by atoms with van der Waals surface area (Å²) in [4.78, 5) is 12.4. The maximum Gasteiger partial charge on any atom is 0.287 e. The van der Waals surface area contributed by atoms with Crippen LogP contribution >= 0.6 is 11.3 Å². The summed E-state index contributed by atoms with van der Waals surface area (Å²) in [6.45, 7) is 5.70. The number of nitrogens with two attached hydrogens (primary N) is 1. The SMILES string of the molecule is Cc1ccc2c(C)c(C(=O)NC(C)c3nnc(N)s3)oc2c1. The van der Waals surface area contributed by atoms with Gasteiger partial charge in [0.05, 0.1) is 6.04 Å². The number of aryl methyl sites for hydroxylation is 2. The molecule has 3 N–H and O–H groups in total. The van der Waals surface area contributed by atoms with E-state index in [0.717, 1.165) is 22.1 Å². The fourth-order valence-electron chi connectivity index (χ4n) is 2.29. The molecule has 1 unspecified atom stereocenters. The number of rotatable bonds is 3. The number of fused-ring (bicyclic) bond motifs is 1. The Kier molecular flexibility index (Phi) is 3.58. The van der Waals surface area contributed by atoms with E-state index >= 15 is 0 Å². The number of hydrogen-bond acceptors (Lipinski definition) is 6. The summed E-state index contributed by atoms with van der Waals surface area (Å²) >= 11 is 1.25. The molecule has 1 aromatic carbocycles.